The maximum atomic E-state index is 14.0. The van der Waals surface area contributed by atoms with Crippen molar-refractivity contribution in [3.05, 3.63) is 30.1 Å². The zero-order chi connectivity index (χ0) is 18.7. The van der Waals surface area contributed by atoms with E-state index in [2.05, 4.69) is 29.4 Å². The van der Waals surface area contributed by atoms with Gasteiger partial charge in [-0.15, -0.1) is 10.2 Å². The first-order valence-corrected chi connectivity index (χ1v) is 10.0. The summed E-state index contributed by atoms with van der Waals surface area (Å²) >= 11 is 1.32. The summed E-state index contributed by atoms with van der Waals surface area (Å²) in [5.41, 5.74) is 0.406. The molecule has 1 fully saturated rings. The number of aromatic nitrogens is 3. The van der Waals surface area contributed by atoms with Crippen LogP contribution in [0.2, 0.25) is 0 Å². The first-order valence-electron chi connectivity index (χ1n) is 9.03. The van der Waals surface area contributed by atoms with E-state index in [-0.39, 0.29) is 23.5 Å². The predicted octanol–water partition coefficient (Wildman–Crippen LogP) is 3.65. The molecule has 0 aliphatic heterocycles. The molecule has 1 aromatic heterocycles. The van der Waals surface area contributed by atoms with Crippen molar-refractivity contribution in [2.75, 3.05) is 5.75 Å². The van der Waals surface area contributed by atoms with Crippen LogP contribution in [0, 0.1) is 17.7 Å². The molecule has 1 amide bonds. The highest BCUT2D eigenvalue weighted by molar-refractivity contribution is 7.99. The van der Waals surface area contributed by atoms with Crippen molar-refractivity contribution in [2.45, 2.75) is 44.3 Å². The smallest absolute Gasteiger partial charge is 0.230 e. The molecule has 26 heavy (non-hydrogen) atoms. The van der Waals surface area contributed by atoms with E-state index in [9.17, 15) is 9.18 Å². The Bertz CT molecular complexity index is 779. The Morgan fingerprint density at radius 2 is 2.08 bits per heavy atom. The second-order valence-corrected chi connectivity index (χ2v) is 8.02. The summed E-state index contributed by atoms with van der Waals surface area (Å²) in [7, 11) is 1.78. The number of nitrogens with zero attached hydrogens (tertiary/aromatic N) is 3. The minimum atomic E-state index is -0.335. The van der Waals surface area contributed by atoms with Gasteiger partial charge in [0.25, 0.3) is 0 Å². The molecule has 140 valence electrons. The van der Waals surface area contributed by atoms with Crippen LogP contribution in [0.3, 0.4) is 0 Å². The number of hydrogen-bond acceptors (Lipinski definition) is 4. The van der Waals surface area contributed by atoms with E-state index >= 15 is 0 Å². The van der Waals surface area contributed by atoms with Gasteiger partial charge in [0.1, 0.15) is 5.82 Å². The molecule has 1 aliphatic rings. The maximum Gasteiger partial charge on any atom is 0.230 e. The molecule has 7 heteroatoms. The highest BCUT2D eigenvalue weighted by Gasteiger charge is 2.28. The van der Waals surface area contributed by atoms with Gasteiger partial charge in [-0.2, -0.15) is 0 Å². The molecule has 3 rings (SSSR count). The van der Waals surface area contributed by atoms with Gasteiger partial charge in [0.05, 0.1) is 11.3 Å². The van der Waals surface area contributed by atoms with Crippen molar-refractivity contribution < 1.29 is 9.18 Å². The minimum Gasteiger partial charge on any atom is -0.352 e. The standard InChI is InChI=1S/C19H25FN4OS/c1-12-7-6-10-16(13(12)2)21-17(25)11-26-19-23-22-18(24(19)3)14-8-4-5-9-15(14)20/h4-5,8-9,12-13,16H,6-7,10-11H2,1-3H3,(H,21,25)/t12-,13-,16-/m1/s1. The number of thioether (sulfide) groups is 1. The molecule has 0 spiro atoms. The van der Waals surface area contributed by atoms with Crippen LogP contribution in [0.25, 0.3) is 11.4 Å². The van der Waals surface area contributed by atoms with Crippen LogP contribution in [0.5, 0.6) is 0 Å². The van der Waals surface area contributed by atoms with Gasteiger partial charge in [-0.1, -0.05) is 50.6 Å². The highest BCUT2D eigenvalue weighted by Crippen LogP contribution is 2.30. The number of hydrogen-bond donors (Lipinski definition) is 1. The molecule has 0 radical (unpaired) electrons. The third-order valence-corrected chi connectivity index (χ3v) is 6.36. The van der Waals surface area contributed by atoms with E-state index in [1.807, 2.05) is 0 Å². The van der Waals surface area contributed by atoms with Gasteiger partial charge in [0.2, 0.25) is 5.91 Å². The molecule has 1 saturated carbocycles. The fraction of sp³-hybridized carbons (Fsp3) is 0.526. The molecular weight excluding hydrogens is 351 g/mol. The van der Waals surface area contributed by atoms with E-state index in [0.29, 0.717) is 28.4 Å². The largest absolute Gasteiger partial charge is 0.352 e. The SMILES string of the molecule is C[C@@H]1[C@H](C)CCC[C@H]1NC(=O)CSc1nnc(-c2ccccc2F)n1C. The zero-order valence-electron chi connectivity index (χ0n) is 15.4. The molecule has 1 heterocycles. The van der Waals surface area contributed by atoms with Crippen molar-refractivity contribution >= 4 is 17.7 Å². The Labute approximate surface area is 157 Å². The number of benzene rings is 1. The summed E-state index contributed by atoms with van der Waals surface area (Å²) in [6.07, 6.45) is 3.45. The minimum absolute atomic E-state index is 0.0105. The molecule has 1 aliphatic carbocycles. The number of rotatable bonds is 5. The van der Waals surface area contributed by atoms with Crippen molar-refractivity contribution in [3.8, 4) is 11.4 Å². The molecule has 0 bridgehead atoms. The number of carbonyl (C=O) groups excluding carboxylic acids is 1. The second kappa shape index (κ2) is 8.20. The molecule has 0 unspecified atom stereocenters. The summed E-state index contributed by atoms with van der Waals surface area (Å²) in [6, 6.07) is 6.73. The summed E-state index contributed by atoms with van der Waals surface area (Å²) in [4.78, 5) is 12.3. The van der Waals surface area contributed by atoms with E-state index in [1.165, 1.54) is 30.7 Å². The quantitative estimate of drug-likeness (QED) is 0.809. The van der Waals surface area contributed by atoms with E-state index < -0.39 is 0 Å². The first kappa shape index (κ1) is 18.9. The van der Waals surface area contributed by atoms with Crippen LogP contribution in [-0.4, -0.2) is 32.5 Å². The van der Waals surface area contributed by atoms with Crippen molar-refractivity contribution in [3.63, 3.8) is 0 Å². The van der Waals surface area contributed by atoms with E-state index in [0.717, 1.165) is 6.42 Å². The van der Waals surface area contributed by atoms with Gasteiger partial charge in [0.15, 0.2) is 11.0 Å². The lowest BCUT2D eigenvalue weighted by atomic mass is 9.78. The van der Waals surface area contributed by atoms with Crippen LogP contribution in [0.4, 0.5) is 4.39 Å². The van der Waals surface area contributed by atoms with E-state index in [4.69, 9.17) is 0 Å². The maximum absolute atomic E-state index is 14.0. The Hall–Kier alpha value is -1.89. The fourth-order valence-corrected chi connectivity index (χ4v) is 4.20. The number of carbonyl (C=O) groups is 1. The van der Waals surface area contributed by atoms with Gasteiger partial charge in [-0.3, -0.25) is 4.79 Å². The Morgan fingerprint density at radius 1 is 1.31 bits per heavy atom. The van der Waals surface area contributed by atoms with Gasteiger partial charge < -0.3 is 9.88 Å². The third kappa shape index (κ3) is 4.09. The number of halogens is 1. The van der Waals surface area contributed by atoms with Crippen molar-refractivity contribution in [2.24, 2.45) is 18.9 Å². The highest BCUT2D eigenvalue weighted by atomic mass is 32.2. The van der Waals surface area contributed by atoms with Crippen molar-refractivity contribution in [1.29, 1.82) is 0 Å². The molecule has 3 atom stereocenters. The molecule has 2 aromatic rings. The fourth-order valence-electron chi connectivity index (χ4n) is 3.48. The summed E-state index contributed by atoms with van der Waals surface area (Å²) < 4.78 is 15.7. The molecule has 1 N–H and O–H groups in total. The molecular formula is C19H25FN4OS. The van der Waals surface area contributed by atoms with Crippen LogP contribution in [-0.2, 0) is 11.8 Å². The van der Waals surface area contributed by atoms with Crippen LogP contribution in [0.15, 0.2) is 29.4 Å². The third-order valence-electron chi connectivity index (χ3n) is 5.34. The number of amides is 1. The lowest BCUT2D eigenvalue weighted by molar-refractivity contribution is -0.120. The van der Waals surface area contributed by atoms with Crippen LogP contribution >= 0.6 is 11.8 Å². The Morgan fingerprint density at radius 3 is 2.85 bits per heavy atom. The second-order valence-electron chi connectivity index (χ2n) is 7.08. The van der Waals surface area contributed by atoms with Gasteiger partial charge in [-0.25, -0.2) is 4.39 Å². The van der Waals surface area contributed by atoms with E-state index in [1.54, 1.807) is 29.8 Å². The summed E-state index contributed by atoms with van der Waals surface area (Å²) in [5, 5.41) is 12.0. The van der Waals surface area contributed by atoms with Crippen LogP contribution in [0.1, 0.15) is 33.1 Å². The average molecular weight is 377 g/mol. The topological polar surface area (TPSA) is 59.8 Å². The molecule has 1 aromatic carbocycles. The normalized spacial score (nSPS) is 23.0. The average Bonchev–Trinajstić information content (AvgIpc) is 2.98. The van der Waals surface area contributed by atoms with Gasteiger partial charge in [-0.05, 0) is 30.4 Å². The predicted molar refractivity (Wildman–Crippen MR) is 101 cm³/mol. The zero-order valence-corrected chi connectivity index (χ0v) is 16.2. The monoisotopic (exact) mass is 376 g/mol. The summed E-state index contributed by atoms with van der Waals surface area (Å²) in [5.74, 6) is 1.56. The van der Waals surface area contributed by atoms with Gasteiger partial charge in [0, 0.05) is 13.1 Å². The first-order chi connectivity index (χ1) is 12.5. The van der Waals surface area contributed by atoms with Crippen molar-refractivity contribution in [1.82, 2.24) is 20.1 Å². The molecule has 5 nitrogen and oxygen atoms in total. The lowest BCUT2D eigenvalue weighted by Gasteiger charge is -2.34. The van der Waals surface area contributed by atoms with Gasteiger partial charge >= 0.3 is 0 Å². The molecule has 0 saturated heterocycles. The van der Waals surface area contributed by atoms with Crippen LogP contribution < -0.4 is 5.32 Å². The Kier molecular flexibility index (Phi) is 5.96. The number of nitrogens with one attached hydrogen (secondary N) is 1. The summed E-state index contributed by atoms with van der Waals surface area (Å²) in [6.45, 7) is 4.47. The Balaban J connectivity index is 1.60. The lowest BCUT2D eigenvalue weighted by Crippen LogP contribution is -2.44.